The number of amides is 1. The normalized spacial score (nSPS) is 15.3. The van der Waals surface area contributed by atoms with E-state index in [1.165, 1.54) is 17.6 Å². The topological polar surface area (TPSA) is 79.8 Å². The predicted molar refractivity (Wildman–Crippen MR) is 123 cm³/mol. The van der Waals surface area contributed by atoms with Crippen LogP contribution in [0.3, 0.4) is 0 Å². The van der Waals surface area contributed by atoms with E-state index in [2.05, 4.69) is 9.88 Å². The lowest BCUT2D eigenvalue weighted by Gasteiger charge is -2.29. The van der Waals surface area contributed by atoms with Crippen LogP contribution in [0.5, 0.6) is 0 Å². The Labute approximate surface area is 186 Å². The number of benzene rings is 2. The summed E-state index contributed by atoms with van der Waals surface area (Å²) in [6.07, 6.45) is 1.18. The number of aryl methyl sites for hydroxylation is 1. The van der Waals surface area contributed by atoms with Gasteiger partial charge in [-0.05, 0) is 31.2 Å². The largest absolute Gasteiger partial charge is 0.379 e. The van der Waals surface area contributed by atoms with E-state index >= 15 is 0 Å². The molecule has 0 saturated carbocycles. The number of hydrogen-bond acceptors (Lipinski definition) is 7. The highest BCUT2D eigenvalue weighted by atomic mass is 32.2. The first-order valence-electron chi connectivity index (χ1n) is 10.1. The van der Waals surface area contributed by atoms with Gasteiger partial charge in [-0.2, -0.15) is 0 Å². The van der Waals surface area contributed by atoms with Crippen molar-refractivity contribution in [3.63, 3.8) is 0 Å². The van der Waals surface area contributed by atoms with E-state index in [0.717, 1.165) is 23.4 Å². The Morgan fingerprint density at radius 3 is 2.65 bits per heavy atom. The quantitative estimate of drug-likeness (QED) is 0.564. The summed E-state index contributed by atoms with van der Waals surface area (Å²) in [4.78, 5) is 22.2. The van der Waals surface area contributed by atoms with Gasteiger partial charge in [-0.1, -0.05) is 35.1 Å². The van der Waals surface area contributed by atoms with Crippen LogP contribution in [0.1, 0.15) is 15.9 Å². The summed E-state index contributed by atoms with van der Waals surface area (Å²) >= 11 is 1.34. The number of thiazole rings is 1. The molecule has 0 bridgehead atoms. The van der Waals surface area contributed by atoms with Gasteiger partial charge in [0.25, 0.3) is 5.91 Å². The number of anilines is 1. The third-order valence-corrected chi connectivity index (χ3v) is 7.43. The maximum Gasteiger partial charge on any atom is 0.260 e. The van der Waals surface area contributed by atoms with Crippen molar-refractivity contribution < 1.29 is 17.9 Å². The minimum absolute atomic E-state index is 0.142. The molecule has 2 aromatic carbocycles. The van der Waals surface area contributed by atoms with Crippen LogP contribution >= 0.6 is 11.3 Å². The van der Waals surface area contributed by atoms with Gasteiger partial charge in [0, 0.05) is 38.0 Å². The fourth-order valence-corrected chi connectivity index (χ4v) is 5.52. The van der Waals surface area contributed by atoms with Crippen LogP contribution in [0.25, 0.3) is 10.2 Å². The molecule has 1 saturated heterocycles. The van der Waals surface area contributed by atoms with Crippen LogP contribution in [0.2, 0.25) is 0 Å². The first kappa shape index (κ1) is 21.9. The molecule has 9 heteroatoms. The molecule has 0 aliphatic carbocycles. The second-order valence-corrected chi connectivity index (χ2v) is 10.6. The molecule has 0 spiro atoms. The molecule has 1 fully saturated rings. The van der Waals surface area contributed by atoms with Crippen LogP contribution in [0.4, 0.5) is 5.13 Å². The van der Waals surface area contributed by atoms with Crippen molar-refractivity contribution >= 4 is 42.4 Å². The first-order valence-corrected chi connectivity index (χ1v) is 12.8. The molecule has 1 aliphatic rings. The maximum atomic E-state index is 13.5. The van der Waals surface area contributed by atoms with Crippen molar-refractivity contribution in [2.24, 2.45) is 0 Å². The van der Waals surface area contributed by atoms with Gasteiger partial charge in [-0.15, -0.1) is 0 Å². The smallest absolute Gasteiger partial charge is 0.260 e. The SMILES string of the molecule is Cc1cccc(C(=O)N(CCN2CCOCC2)c2nc3c(S(C)(=O)=O)cccc3s2)c1. The van der Waals surface area contributed by atoms with Crippen LogP contribution in [-0.2, 0) is 14.6 Å². The number of morpholine rings is 1. The lowest BCUT2D eigenvalue weighted by atomic mass is 10.1. The van der Waals surface area contributed by atoms with E-state index in [1.807, 2.05) is 31.2 Å². The highest BCUT2D eigenvalue weighted by Gasteiger charge is 2.24. The molecule has 0 atom stereocenters. The summed E-state index contributed by atoms with van der Waals surface area (Å²) in [5.74, 6) is -0.142. The molecule has 7 nitrogen and oxygen atoms in total. The number of hydrogen-bond donors (Lipinski definition) is 0. The lowest BCUT2D eigenvalue weighted by Crippen LogP contribution is -2.43. The van der Waals surface area contributed by atoms with E-state index in [4.69, 9.17) is 4.74 Å². The Morgan fingerprint density at radius 1 is 1.19 bits per heavy atom. The second kappa shape index (κ2) is 9.04. The van der Waals surface area contributed by atoms with Gasteiger partial charge in [-0.25, -0.2) is 13.4 Å². The molecule has 164 valence electrons. The third-order valence-electron chi connectivity index (χ3n) is 5.25. The van der Waals surface area contributed by atoms with Crippen molar-refractivity contribution in [2.45, 2.75) is 11.8 Å². The van der Waals surface area contributed by atoms with E-state index in [0.29, 0.717) is 42.5 Å². The third kappa shape index (κ3) is 4.95. The van der Waals surface area contributed by atoms with Crippen molar-refractivity contribution in [3.8, 4) is 0 Å². The van der Waals surface area contributed by atoms with Gasteiger partial charge in [0.2, 0.25) is 0 Å². The zero-order valence-electron chi connectivity index (χ0n) is 17.6. The summed E-state index contributed by atoms with van der Waals surface area (Å²) in [6.45, 7) is 6.12. The van der Waals surface area contributed by atoms with Gasteiger partial charge in [0.05, 0.1) is 22.8 Å². The Kier molecular flexibility index (Phi) is 6.38. The van der Waals surface area contributed by atoms with Crippen molar-refractivity contribution in [3.05, 3.63) is 53.6 Å². The van der Waals surface area contributed by atoms with Crippen LogP contribution in [-0.4, -0.2) is 69.9 Å². The fraction of sp³-hybridized carbons (Fsp3) is 0.364. The summed E-state index contributed by atoms with van der Waals surface area (Å²) < 4.78 is 30.6. The van der Waals surface area contributed by atoms with E-state index in [1.54, 1.807) is 23.1 Å². The van der Waals surface area contributed by atoms with Crippen molar-refractivity contribution in [2.75, 3.05) is 50.5 Å². The lowest BCUT2D eigenvalue weighted by molar-refractivity contribution is 0.0391. The minimum Gasteiger partial charge on any atom is -0.379 e. The molecule has 4 rings (SSSR count). The van der Waals surface area contributed by atoms with E-state index in [-0.39, 0.29) is 10.8 Å². The maximum absolute atomic E-state index is 13.5. The zero-order chi connectivity index (χ0) is 22.0. The number of para-hydroxylation sites is 1. The van der Waals surface area contributed by atoms with E-state index in [9.17, 15) is 13.2 Å². The number of rotatable bonds is 6. The van der Waals surface area contributed by atoms with Crippen molar-refractivity contribution in [1.82, 2.24) is 9.88 Å². The molecule has 2 heterocycles. The molecule has 0 unspecified atom stereocenters. The van der Waals surface area contributed by atoms with Crippen molar-refractivity contribution in [1.29, 1.82) is 0 Å². The van der Waals surface area contributed by atoms with Crippen LogP contribution in [0, 0.1) is 6.92 Å². The molecule has 1 amide bonds. The Morgan fingerprint density at radius 2 is 1.94 bits per heavy atom. The monoisotopic (exact) mass is 459 g/mol. The second-order valence-electron chi connectivity index (χ2n) is 7.65. The van der Waals surface area contributed by atoms with Gasteiger partial charge in [0.1, 0.15) is 5.52 Å². The Hall–Kier alpha value is -2.33. The molecule has 3 aromatic rings. The zero-order valence-corrected chi connectivity index (χ0v) is 19.2. The summed E-state index contributed by atoms with van der Waals surface area (Å²) in [5.41, 5.74) is 2.01. The van der Waals surface area contributed by atoms with Crippen LogP contribution in [0.15, 0.2) is 47.4 Å². The molecule has 0 N–H and O–H groups in total. The minimum atomic E-state index is -3.43. The first-order chi connectivity index (χ1) is 14.8. The Balaban J connectivity index is 1.71. The molecule has 1 aromatic heterocycles. The number of ether oxygens (including phenoxy) is 1. The average Bonchev–Trinajstić information content (AvgIpc) is 3.17. The summed E-state index contributed by atoms with van der Waals surface area (Å²) in [6, 6.07) is 12.6. The number of carbonyl (C=O) groups is 1. The molecule has 0 radical (unpaired) electrons. The molecular weight excluding hydrogens is 434 g/mol. The molecular formula is C22H25N3O4S2. The predicted octanol–water partition coefficient (Wildman–Crippen LogP) is 2.99. The number of sulfone groups is 1. The summed E-state index contributed by atoms with van der Waals surface area (Å²) in [5, 5.41) is 0.505. The number of fused-ring (bicyclic) bond motifs is 1. The van der Waals surface area contributed by atoms with Gasteiger partial charge in [-0.3, -0.25) is 14.6 Å². The number of nitrogens with zero attached hydrogens (tertiary/aromatic N) is 3. The van der Waals surface area contributed by atoms with Crippen LogP contribution < -0.4 is 4.90 Å². The average molecular weight is 460 g/mol. The highest BCUT2D eigenvalue weighted by molar-refractivity contribution is 7.91. The number of carbonyl (C=O) groups excluding carboxylic acids is 1. The summed E-state index contributed by atoms with van der Waals surface area (Å²) in [7, 11) is -3.43. The Bertz CT molecular complexity index is 1200. The van der Waals surface area contributed by atoms with Gasteiger partial charge >= 0.3 is 0 Å². The molecule has 1 aliphatic heterocycles. The molecule has 31 heavy (non-hydrogen) atoms. The van der Waals surface area contributed by atoms with Gasteiger partial charge in [0.15, 0.2) is 15.0 Å². The standard InChI is InChI=1S/C22H25N3O4S2/c1-16-5-3-6-17(15-16)21(26)25(10-9-24-11-13-29-14-12-24)22-23-20-18(30-22)7-4-8-19(20)31(2,27)28/h3-8,15H,9-14H2,1-2H3. The fourth-order valence-electron chi connectivity index (χ4n) is 3.61. The van der Waals surface area contributed by atoms with Gasteiger partial charge < -0.3 is 4.74 Å². The number of aromatic nitrogens is 1. The van der Waals surface area contributed by atoms with E-state index < -0.39 is 9.84 Å². The highest BCUT2D eigenvalue weighted by Crippen LogP contribution is 2.33.